The van der Waals surface area contributed by atoms with Crippen molar-refractivity contribution >= 4 is 12.3 Å². The van der Waals surface area contributed by atoms with Crippen molar-refractivity contribution in [1.29, 1.82) is 0 Å². The van der Waals surface area contributed by atoms with Crippen LogP contribution in [0.2, 0.25) is 0 Å². The molecular weight excluding hydrogens is 272 g/mol. The molecule has 0 aliphatic heterocycles. The molecule has 122 valence electrons. The topological polar surface area (TPSA) is 145 Å². The third kappa shape index (κ3) is 21.7. The lowest BCUT2D eigenvalue weighted by molar-refractivity contribution is -0.327. The van der Waals surface area contributed by atoms with Gasteiger partial charge in [-0.15, -0.1) is 0 Å². The minimum absolute atomic E-state index is 0.269. The smallest absolute Gasteiger partial charge is 0.450 e. The first kappa shape index (κ1) is 23.5. The summed E-state index contributed by atoms with van der Waals surface area (Å²) in [6, 6.07) is 0. The number of carbonyl (C=O) groups is 2. The molecule has 0 rings (SSSR count). The fraction of sp³-hybridized carbons (Fsp3) is 0.833. The average molecular weight is 298 g/mol. The maximum atomic E-state index is 8.78. The summed E-state index contributed by atoms with van der Waals surface area (Å²) >= 11 is 0. The zero-order valence-corrected chi connectivity index (χ0v) is 12.2. The minimum atomic E-state index is -1.83. The molecule has 0 aromatic rings. The van der Waals surface area contributed by atoms with Gasteiger partial charge in [0, 0.05) is 0 Å². The van der Waals surface area contributed by atoms with Crippen LogP contribution >= 0.6 is 0 Å². The second-order valence-electron chi connectivity index (χ2n) is 4.00. The maximum Gasteiger partial charge on any atom is 0.503 e. The molecule has 0 bridgehead atoms. The van der Waals surface area contributed by atoms with Crippen molar-refractivity contribution in [2.75, 3.05) is 0 Å². The van der Waals surface area contributed by atoms with Crippen molar-refractivity contribution in [3.63, 3.8) is 0 Å². The summed E-state index contributed by atoms with van der Waals surface area (Å²) in [5.74, 6) is 0. The quantitative estimate of drug-likeness (QED) is 0.269. The lowest BCUT2D eigenvalue weighted by Crippen LogP contribution is -2.29. The Morgan fingerprint density at radius 2 is 1.25 bits per heavy atom. The van der Waals surface area contributed by atoms with Crippen LogP contribution in [0.3, 0.4) is 0 Å². The van der Waals surface area contributed by atoms with Crippen LogP contribution in [0.4, 0.5) is 9.59 Å². The molecular formula is C12H26O8. The number of hydrogen-bond acceptors (Lipinski definition) is 4. The number of hydrogen-bond donors (Lipinski definition) is 5. The second-order valence-corrected chi connectivity index (χ2v) is 4.00. The minimum Gasteiger partial charge on any atom is -0.450 e. The summed E-state index contributed by atoms with van der Waals surface area (Å²) < 4.78 is 0. The van der Waals surface area contributed by atoms with Gasteiger partial charge in [0.1, 0.15) is 5.60 Å². The summed E-state index contributed by atoms with van der Waals surface area (Å²) in [4.78, 5) is 21.7. The Bertz CT molecular complexity index is 209. The molecule has 0 aliphatic rings. The van der Waals surface area contributed by atoms with Crippen LogP contribution in [0.5, 0.6) is 0 Å². The van der Waals surface area contributed by atoms with Crippen molar-refractivity contribution in [3.8, 4) is 0 Å². The van der Waals surface area contributed by atoms with Gasteiger partial charge in [0.25, 0.3) is 0 Å². The Kier molecular flexibility index (Phi) is 18.3. The van der Waals surface area contributed by atoms with Crippen LogP contribution in [-0.4, -0.2) is 43.6 Å². The Labute approximate surface area is 118 Å². The molecule has 0 saturated heterocycles. The first-order chi connectivity index (χ1) is 9.21. The van der Waals surface area contributed by atoms with Crippen LogP contribution in [0.1, 0.15) is 59.3 Å². The van der Waals surface area contributed by atoms with E-state index in [0.29, 0.717) is 0 Å². The van der Waals surface area contributed by atoms with Gasteiger partial charge in [0.05, 0.1) is 0 Å². The van der Waals surface area contributed by atoms with Gasteiger partial charge in [-0.3, -0.25) is 5.26 Å². The van der Waals surface area contributed by atoms with E-state index in [9.17, 15) is 0 Å². The molecule has 5 N–H and O–H groups in total. The van der Waals surface area contributed by atoms with E-state index in [1.165, 1.54) is 12.8 Å². The largest absolute Gasteiger partial charge is 0.503 e. The third-order valence-electron chi connectivity index (χ3n) is 2.72. The first-order valence-electron chi connectivity index (χ1n) is 6.37. The molecule has 0 fully saturated rings. The monoisotopic (exact) mass is 298 g/mol. The average Bonchev–Trinajstić information content (AvgIpc) is 2.34. The summed E-state index contributed by atoms with van der Waals surface area (Å²) in [5.41, 5.74) is -0.269. The van der Waals surface area contributed by atoms with Crippen LogP contribution < -0.4 is 0 Å². The highest BCUT2D eigenvalue weighted by Gasteiger charge is 2.26. The molecule has 0 radical (unpaired) electrons. The predicted molar refractivity (Wildman–Crippen MR) is 72.5 cm³/mol. The van der Waals surface area contributed by atoms with Crippen LogP contribution in [0, 0.1) is 0 Å². The van der Waals surface area contributed by atoms with E-state index in [0.717, 1.165) is 25.7 Å². The Morgan fingerprint density at radius 3 is 1.45 bits per heavy atom. The van der Waals surface area contributed by atoms with Gasteiger partial charge in [-0.05, 0) is 19.3 Å². The SMILES string of the molecule is CCCCCC(CC)(CC)OO.O=C(O)O.O=C(O)O. The number of rotatable bonds is 7. The van der Waals surface area contributed by atoms with E-state index in [-0.39, 0.29) is 5.60 Å². The second kappa shape index (κ2) is 15.5. The van der Waals surface area contributed by atoms with Gasteiger partial charge in [0.2, 0.25) is 0 Å². The molecule has 0 saturated carbocycles. The zero-order valence-electron chi connectivity index (χ0n) is 12.2. The summed E-state index contributed by atoms with van der Waals surface area (Å²) in [6.45, 7) is 6.30. The Morgan fingerprint density at radius 1 is 0.900 bits per heavy atom. The van der Waals surface area contributed by atoms with Crippen molar-refractivity contribution in [3.05, 3.63) is 0 Å². The molecule has 8 heteroatoms. The molecule has 0 atom stereocenters. The van der Waals surface area contributed by atoms with Crippen molar-refractivity contribution in [2.45, 2.75) is 64.9 Å². The molecule has 0 heterocycles. The summed E-state index contributed by atoms with van der Waals surface area (Å²) in [5, 5.41) is 36.7. The van der Waals surface area contributed by atoms with E-state index in [2.05, 4.69) is 25.7 Å². The summed E-state index contributed by atoms with van der Waals surface area (Å²) in [7, 11) is 0. The maximum absolute atomic E-state index is 8.78. The van der Waals surface area contributed by atoms with Gasteiger partial charge >= 0.3 is 12.3 Å². The van der Waals surface area contributed by atoms with Gasteiger partial charge in [-0.1, -0.05) is 40.0 Å². The van der Waals surface area contributed by atoms with E-state index in [1.807, 2.05) is 0 Å². The molecule has 0 spiro atoms. The van der Waals surface area contributed by atoms with Crippen LogP contribution in [0.15, 0.2) is 0 Å². The molecule has 0 unspecified atom stereocenters. The zero-order chi connectivity index (χ0) is 16.6. The lowest BCUT2D eigenvalue weighted by atomic mass is 9.91. The van der Waals surface area contributed by atoms with Crippen molar-refractivity contribution < 1.29 is 40.2 Å². The Balaban J connectivity index is -0.000000297. The highest BCUT2D eigenvalue weighted by Crippen LogP contribution is 2.26. The van der Waals surface area contributed by atoms with E-state index >= 15 is 0 Å². The van der Waals surface area contributed by atoms with E-state index < -0.39 is 12.3 Å². The fourth-order valence-corrected chi connectivity index (χ4v) is 1.48. The number of carboxylic acid groups (broad SMARTS) is 4. The molecule has 0 aromatic carbocycles. The van der Waals surface area contributed by atoms with Gasteiger partial charge in [0.15, 0.2) is 0 Å². The van der Waals surface area contributed by atoms with E-state index in [1.54, 1.807) is 0 Å². The standard InChI is InChI=1S/C10H22O2.2CH2O3/c1-4-7-8-9-10(5-2,6-3)12-11;2*2-1(3)4/h11H,4-9H2,1-3H3;2*(H2,2,3,4). The highest BCUT2D eigenvalue weighted by atomic mass is 17.1. The molecule has 8 nitrogen and oxygen atoms in total. The van der Waals surface area contributed by atoms with Crippen LogP contribution in [0.25, 0.3) is 0 Å². The third-order valence-corrected chi connectivity index (χ3v) is 2.72. The van der Waals surface area contributed by atoms with Crippen LogP contribution in [-0.2, 0) is 4.89 Å². The molecule has 0 amide bonds. The van der Waals surface area contributed by atoms with E-state index in [4.69, 9.17) is 35.3 Å². The Hall–Kier alpha value is -1.54. The fourth-order valence-electron chi connectivity index (χ4n) is 1.48. The van der Waals surface area contributed by atoms with Crippen molar-refractivity contribution in [2.24, 2.45) is 0 Å². The normalized spacial score (nSPS) is 9.60. The van der Waals surface area contributed by atoms with Gasteiger partial charge < -0.3 is 20.4 Å². The molecule has 0 aromatic heterocycles. The predicted octanol–water partition coefficient (Wildman–Crippen LogP) is 4.06. The van der Waals surface area contributed by atoms with Crippen molar-refractivity contribution in [1.82, 2.24) is 0 Å². The lowest BCUT2D eigenvalue weighted by Gasteiger charge is -2.27. The number of unbranched alkanes of at least 4 members (excludes halogenated alkanes) is 2. The highest BCUT2D eigenvalue weighted by molar-refractivity contribution is 5.53. The van der Waals surface area contributed by atoms with Gasteiger partial charge in [-0.25, -0.2) is 14.5 Å². The molecule has 20 heavy (non-hydrogen) atoms. The molecule has 0 aliphatic carbocycles. The first-order valence-corrected chi connectivity index (χ1v) is 6.37. The summed E-state index contributed by atoms with van der Waals surface area (Å²) in [6.07, 6.45) is 2.69. The van der Waals surface area contributed by atoms with Gasteiger partial charge in [-0.2, -0.15) is 0 Å².